The number of benzene rings is 2. The third-order valence-electron chi connectivity index (χ3n) is 3.85. The number of hydrogen-bond acceptors (Lipinski definition) is 7. The number of carbonyl (C=O) groups is 3. The van der Waals surface area contributed by atoms with Crippen LogP contribution in [0.5, 0.6) is 17.2 Å². The first kappa shape index (κ1) is 21.7. The highest BCUT2D eigenvalue weighted by Crippen LogP contribution is 2.38. The van der Waals surface area contributed by atoms with E-state index < -0.39 is 36.6 Å². The average Bonchev–Trinajstić information content (AvgIpc) is 2.74. The maximum atomic E-state index is 12.9. The maximum absolute atomic E-state index is 12.9. The largest absolute Gasteiger partial charge is 0.493 e. The van der Waals surface area contributed by atoms with Gasteiger partial charge in [0.25, 0.3) is 5.91 Å². The number of esters is 1. The van der Waals surface area contributed by atoms with Crippen molar-refractivity contribution in [1.82, 2.24) is 5.32 Å². The minimum absolute atomic E-state index is 0.176. The highest BCUT2D eigenvalue weighted by atomic mass is 19.1. The van der Waals surface area contributed by atoms with Crippen molar-refractivity contribution in [2.75, 3.05) is 34.5 Å². The molecular formula is C20H20FNO7. The van der Waals surface area contributed by atoms with Crippen molar-refractivity contribution in [3.8, 4) is 17.2 Å². The first-order valence-electron chi connectivity index (χ1n) is 8.42. The predicted molar refractivity (Wildman–Crippen MR) is 100 cm³/mol. The van der Waals surface area contributed by atoms with Crippen LogP contribution in [0.15, 0.2) is 36.4 Å². The van der Waals surface area contributed by atoms with Gasteiger partial charge in [0.2, 0.25) is 5.75 Å². The molecular weight excluding hydrogens is 385 g/mol. The molecule has 2 aromatic rings. The Morgan fingerprint density at radius 3 is 2.00 bits per heavy atom. The average molecular weight is 405 g/mol. The number of carbonyl (C=O) groups excluding carboxylic acids is 3. The number of Topliss-reactive ketones (excluding diaryl/α,β-unsaturated/α-hetero) is 1. The molecule has 0 saturated carbocycles. The lowest BCUT2D eigenvalue weighted by atomic mass is 10.1. The molecule has 9 heteroatoms. The smallest absolute Gasteiger partial charge is 0.325 e. The number of ether oxygens (including phenoxy) is 4. The van der Waals surface area contributed by atoms with Crippen molar-refractivity contribution in [1.29, 1.82) is 0 Å². The van der Waals surface area contributed by atoms with Crippen LogP contribution in [0.3, 0.4) is 0 Å². The topological polar surface area (TPSA) is 100 Å². The van der Waals surface area contributed by atoms with Gasteiger partial charge in [-0.3, -0.25) is 14.4 Å². The molecule has 0 aromatic heterocycles. The Morgan fingerprint density at radius 2 is 1.48 bits per heavy atom. The van der Waals surface area contributed by atoms with Crippen molar-refractivity contribution >= 4 is 17.7 Å². The lowest BCUT2D eigenvalue weighted by Gasteiger charge is -2.14. The van der Waals surface area contributed by atoms with Crippen LogP contribution < -0.4 is 19.5 Å². The van der Waals surface area contributed by atoms with Gasteiger partial charge in [-0.25, -0.2) is 4.39 Å². The summed E-state index contributed by atoms with van der Waals surface area (Å²) in [4.78, 5) is 36.0. The van der Waals surface area contributed by atoms with Gasteiger partial charge in [-0.15, -0.1) is 0 Å². The highest BCUT2D eigenvalue weighted by molar-refractivity contribution is 5.99. The molecule has 0 spiro atoms. The number of nitrogens with one attached hydrogen (secondary N) is 1. The van der Waals surface area contributed by atoms with Crippen molar-refractivity contribution < 1.29 is 37.7 Å². The van der Waals surface area contributed by atoms with E-state index in [1.807, 2.05) is 0 Å². The van der Waals surface area contributed by atoms with Crippen molar-refractivity contribution in [2.45, 2.75) is 0 Å². The van der Waals surface area contributed by atoms with E-state index in [0.717, 1.165) is 12.1 Å². The van der Waals surface area contributed by atoms with Gasteiger partial charge in [-0.05, 0) is 36.4 Å². The molecule has 0 saturated heterocycles. The Labute approximate surface area is 166 Å². The molecule has 0 aliphatic heterocycles. The van der Waals surface area contributed by atoms with Gasteiger partial charge in [-0.1, -0.05) is 0 Å². The van der Waals surface area contributed by atoms with Crippen molar-refractivity contribution in [2.24, 2.45) is 0 Å². The number of halogens is 1. The number of rotatable bonds is 9. The van der Waals surface area contributed by atoms with E-state index in [2.05, 4.69) is 5.32 Å². The lowest BCUT2D eigenvalue weighted by molar-refractivity contribution is -0.141. The van der Waals surface area contributed by atoms with E-state index in [0.29, 0.717) is 5.75 Å². The predicted octanol–water partition coefficient (Wildman–Crippen LogP) is 2.01. The zero-order chi connectivity index (χ0) is 21.4. The second kappa shape index (κ2) is 10.1. The molecule has 29 heavy (non-hydrogen) atoms. The van der Waals surface area contributed by atoms with Crippen LogP contribution in [0, 0.1) is 5.82 Å². The fourth-order valence-electron chi connectivity index (χ4n) is 2.38. The summed E-state index contributed by atoms with van der Waals surface area (Å²) in [7, 11) is 4.26. The van der Waals surface area contributed by atoms with Crippen LogP contribution in [-0.2, 0) is 9.53 Å². The SMILES string of the molecule is COc1cc(C(=O)NCC(=O)OCC(=O)c2ccc(F)cc2)cc(OC)c1OC. The highest BCUT2D eigenvalue weighted by Gasteiger charge is 2.18. The third kappa shape index (κ3) is 5.68. The Balaban J connectivity index is 1.92. The minimum Gasteiger partial charge on any atom is -0.493 e. The molecule has 0 atom stereocenters. The van der Waals surface area contributed by atoms with Gasteiger partial charge >= 0.3 is 5.97 Å². The number of amides is 1. The van der Waals surface area contributed by atoms with Gasteiger partial charge in [-0.2, -0.15) is 0 Å². The van der Waals surface area contributed by atoms with Gasteiger partial charge in [0.05, 0.1) is 21.3 Å². The molecule has 0 radical (unpaired) electrons. The minimum atomic E-state index is -0.804. The first-order chi connectivity index (χ1) is 13.9. The Morgan fingerprint density at radius 1 is 0.897 bits per heavy atom. The number of methoxy groups -OCH3 is 3. The Hall–Kier alpha value is -3.62. The summed E-state index contributed by atoms with van der Waals surface area (Å²) in [5, 5.41) is 2.38. The first-order valence-corrected chi connectivity index (χ1v) is 8.42. The van der Waals surface area contributed by atoms with E-state index in [-0.39, 0.29) is 22.6 Å². The second-order valence-corrected chi connectivity index (χ2v) is 5.69. The van der Waals surface area contributed by atoms with Crippen LogP contribution in [0.2, 0.25) is 0 Å². The van der Waals surface area contributed by atoms with Crippen LogP contribution in [0.4, 0.5) is 4.39 Å². The van der Waals surface area contributed by atoms with Crippen LogP contribution >= 0.6 is 0 Å². The molecule has 1 amide bonds. The summed E-state index contributed by atoms with van der Waals surface area (Å²) in [5.41, 5.74) is 0.385. The summed E-state index contributed by atoms with van der Waals surface area (Å²) >= 11 is 0. The van der Waals surface area contributed by atoms with Gasteiger partial charge in [0, 0.05) is 11.1 Å². The van der Waals surface area contributed by atoms with Crippen LogP contribution in [0.25, 0.3) is 0 Å². The molecule has 0 unspecified atom stereocenters. The monoisotopic (exact) mass is 405 g/mol. The molecule has 0 bridgehead atoms. The summed E-state index contributed by atoms with van der Waals surface area (Å²) in [6, 6.07) is 7.70. The van der Waals surface area contributed by atoms with Gasteiger partial charge < -0.3 is 24.3 Å². The molecule has 154 valence electrons. The summed E-state index contributed by atoms with van der Waals surface area (Å²) in [5.74, 6) is -1.46. The van der Waals surface area contributed by atoms with Gasteiger partial charge in [0.1, 0.15) is 12.4 Å². The summed E-state index contributed by atoms with van der Waals surface area (Å²) < 4.78 is 33.2. The zero-order valence-electron chi connectivity index (χ0n) is 16.1. The molecule has 8 nitrogen and oxygen atoms in total. The normalized spacial score (nSPS) is 10.1. The Bertz CT molecular complexity index is 871. The molecule has 0 aliphatic rings. The van der Waals surface area contributed by atoms with E-state index >= 15 is 0 Å². The van der Waals surface area contributed by atoms with Crippen LogP contribution in [0.1, 0.15) is 20.7 Å². The molecule has 0 aliphatic carbocycles. The fraction of sp³-hybridized carbons (Fsp3) is 0.250. The van der Waals surface area contributed by atoms with Crippen LogP contribution in [-0.4, -0.2) is 52.1 Å². The fourth-order valence-corrected chi connectivity index (χ4v) is 2.38. The van der Waals surface area contributed by atoms with Crippen molar-refractivity contribution in [3.05, 3.63) is 53.3 Å². The second-order valence-electron chi connectivity index (χ2n) is 5.69. The molecule has 0 fully saturated rings. The van der Waals surface area contributed by atoms with Gasteiger partial charge in [0.15, 0.2) is 23.9 Å². The summed E-state index contributed by atoms with van der Waals surface area (Å²) in [6.45, 7) is -0.975. The Kier molecular flexibility index (Phi) is 7.53. The molecule has 2 rings (SSSR count). The van der Waals surface area contributed by atoms with E-state index in [1.165, 1.54) is 45.6 Å². The molecule has 1 N–H and O–H groups in total. The lowest BCUT2D eigenvalue weighted by Crippen LogP contribution is -2.31. The molecule has 0 heterocycles. The third-order valence-corrected chi connectivity index (χ3v) is 3.85. The van der Waals surface area contributed by atoms with E-state index in [4.69, 9.17) is 18.9 Å². The zero-order valence-corrected chi connectivity index (χ0v) is 16.1. The number of ketones is 1. The van der Waals surface area contributed by atoms with E-state index in [9.17, 15) is 18.8 Å². The quantitative estimate of drug-likeness (QED) is 0.503. The van der Waals surface area contributed by atoms with E-state index in [1.54, 1.807) is 0 Å². The van der Waals surface area contributed by atoms with Crippen molar-refractivity contribution in [3.63, 3.8) is 0 Å². The maximum Gasteiger partial charge on any atom is 0.325 e. The standard InChI is InChI=1S/C20H20FNO7/c1-26-16-8-13(9-17(27-2)19(16)28-3)20(25)22-10-18(24)29-11-15(23)12-4-6-14(21)7-5-12/h4-9H,10-11H2,1-3H3,(H,22,25). The summed E-state index contributed by atoms with van der Waals surface area (Å²) in [6.07, 6.45) is 0. The number of hydrogen-bond donors (Lipinski definition) is 1. The molecule has 2 aromatic carbocycles.